The summed E-state index contributed by atoms with van der Waals surface area (Å²) in [7, 11) is 0. The zero-order chi connectivity index (χ0) is 14.8. The molecule has 1 rings (SSSR count). The van der Waals surface area contributed by atoms with Crippen LogP contribution < -0.4 is 10.6 Å². The van der Waals surface area contributed by atoms with Crippen molar-refractivity contribution in [3.8, 4) is 0 Å². The fourth-order valence-electron chi connectivity index (χ4n) is 2.16. The van der Waals surface area contributed by atoms with Crippen LogP contribution in [0.3, 0.4) is 0 Å². The largest absolute Gasteiger partial charge is 0.351 e. The van der Waals surface area contributed by atoms with Gasteiger partial charge in [-0.05, 0) is 31.9 Å². The third-order valence-electron chi connectivity index (χ3n) is 3.56. The lowest BCUT2D eigenvalue weighted by atomic mass is 10.1. The summed E-state index contributed by atoms with van der Waals surface area (Å²) in [6.07, 6.45) is 4.87. The van der Waals surface area contributed by atoms with Crippen molar-refractivity contribution in [2.75, 3.05) is 13.1 Å². The van der Waals surface area contributed by atoms with Gasteiger partial charge in [0.1, 0.15) is 0 Å². The summed E-state index contributed by atoms with van der Waals surface area (Å²) in [6, 6.07) is 8.24. The van der Waals surface area contributed by atoms with Gasteiger partial charge in [0.2, 0.25) is 0 Å². The van der Waals surface area contributed by atoms with E-state index in [0.29, 0.717) is 12.6 Å². The fourth-order valence-corrected chi connectivity index (χ4v) is 2.16. The van der Waals surface area contributed by atoms with Crippen LogP contribution in [0.1, 0.15) is 55.5 Å². The van der Waals surface area contributed by atoms with Crippen LogP contribution in [0.2, 0.25) is 0 Å². The minimum atomic E-state index is 0.00778. The van der Waals surface area contributed by atoms with Crippen molar-refractivity contribution in [3.63, 3.8) is 0 Å². The summed E-state index contributed by atoms with van der Waals surface area (Å²) in [4.78, 5) is 11.9. The molecule has 1 aromatic carbocycles. The lowest BCUT2D eigenvalue weighted by molar-refractivity contribution is 0.0953. The molecule has 3 heteroatoms. The number of unbranched alkanes of at least 4 members (excludes halogenated alkanes) is 1. The molecule has 1 unspecified atom stereocenters. The molecular weight excluding hydrogens is 248 g/mol. The predicted molar refractivity (Wildman–Crippen MR) is 85.1 cm³/mol. The SMILES string of the molecule is CCCCC(CC)NCCNC(=O)c1ccc(C)cc1. The minimum absolute atomic E-state index is 0.00778. The Morgan fingerprint density at radius 2 is 1.85 bits per heavy atom. The second-order valence-electron chi connectivity index (χ2n) is 5.32. The highest BCUT2D eigenvalue weighted by Crippen LogP contribution is 2.04. The first-order valence-electron chi connectivity index (χ1n) is 7.75. The summed E-state index contributed by atoms with van der Waals surface area (Å²) in [5.74, 6) is 0.00778. The Morgan fingerprint density at radius 3 is 2.45 bits per heavy atom. The normalized spacial score (nSPS) is 12.2. The lowest BCUT2D eigenvalue weighted by Crippen LogP contribution is -2.36. The van der Waals surface area contributed by atoms with Crippen molar-refractivity contribution in [3.05, 3.63) is 35.4 Å². The summed E-state index contributed by atoms with van der Waals surface area (Å²) >= 11 is 0. The van der Waals surface area contributed by atoms with Crippen molar-refractivity contribution < 1.29 is 4.79 Å². The minimum Gasteiger partial charge on any atom is -0.351 e. The lowest BCUT2D eigenvalue weighted by Gasteiger charge is -2.16. The van der Waals surface area contributed by atoms with E-state index in [-0.39, 0.29) is 5.91 Å². The molecule has 2 N–H and O–H groups in total. The van der Waals surface area contributed by atoms with Gasteiger partial charge in [0.05, 0.1) is 0 Å². The molecule has 0 aliphatic heterocycles. The van der Waals surface area contributed by atoms with Crippen LogP contribution >= 0.6 is 0 Å². The number of carbonyl (C=O) groups is 1. The molecule has 0 radical (unpaired) electrons. The van der Waals surface area contributed by atoms with Gasteiger partial charge in [0.15, 0.2) is 0 Å². The molecule has 0 fully saturated rings. The zero-order valence-corrected chi connectivity index (χ0v) is 13.0. The zero-order valence-electron chi connectivity index (χ0n) is 13.0. The van der Waals surface area contributed by atoms with Crippen molar-refractivity contribution in [2.45, 2.75) is 52.5 Å². The third kappa shape index (κ3) is 6.20. The smallest absolute Gasteiger partial charge is 0.251 e. The maximum absolute atomic E-state index is 11.9. The van der Waals surface area contributed by atoms with Gasteiger partial charge < -0.3 is 10.6 Å². The standard InChI is InChI=1S/C17H28N2O/c1-4-6-7-16(5-2)18-12-13-19-17(20)15-10-8-14(3)9-11-15/h8-11,16,18H,4-7,12-13H2,1-3H3,(H,19,20). The highest BCUT2D eigenvalue weighted by atomic mass is 16.1. The van der Waals surface area contributed by atoms with E-state index < -0.39 is 0 Å². The van der Waals surface area contributed by atoms with Gasteiger partial charge in [-0.2, -0.15) is 0 Å². The molecule has 20 heavy (non-hydrogen) atoms. The summed E-state index contributed by atoms with van der Waals surface area (Å²) in [5.41, 5.74) is 1.90. The molecule has 0 aliphatic rings. The van der Waals surface area contributed by atoms with Gasteiger partial charge in [-0.25, -0.2) is 0 Å². The van der Waals surface area contributed by atoms with Crippen LogP contribution in [-0.2, 0) is 0 Å². The van der Waals surface area contributed by atoms with Gasteiger partial charge in [-0.15, -0.1) is 0 Å². The second-order valence-corrected chi connectivity index (χ2v) is 5.32. The van der Waals surface area contributed by atoms with Gasteiger partial charge in [-0.1, -0.05) is 44.4 Å². The van der Waals surface area contributed by atoms with Crippen molar-refractivity contribution in [2.24, 2.45) is 0 Å². The van der Waals surface area contributed by atoms with Crippen LogP contribution in [-0.4, -0.2) is 25.0 Å². The molecule has 0 aromatic heterocycles. The maximum atomic E-state index is 11.9. The van der Waals surface area contributed by atoms with Gasteiger partial charge in [-0.3, -0.25) is 4.79 Å². The van der Waals surface area contributed by atoms with Crippen LogP contribution in [0.25, 0.3) is 0 Å². The Balaban J connectivity index is 2.23. The molecular formula is C17H28N2O. The van der Waals surface area contributed by atoms with Gasteiger partial charge in [0.25, 0.3) is 5.91 Å². The van der Waals surface area contributed by atoms with E-state index in [1.165, 1.54) is 24.8 Å². The molecule has 0 aliphatic carbocycles. The van der Waals surface area contributed by atoms with E-state index in [0.717, 1.165) is 18.5 Å². The van der Waals surface area contributed by atoms with Crippen LogP contribution in [0.5, 0.6) is 0 Å². The first kappa shape index (κ1) is 16.7. The van der Waals surface area contributed by atoms with Crippen LogP contribution in [0.4, 0.5) is 0 Å². The second kappa shape index (κ2) is 9.54. The number of benzene rings is 1. The number of rotatable bonds is 9. The summed E-state index contributed by atoms with van der Waals surface area (Å²) < 4.78 is 0. The molecule has 1 atom stereocenters. The first-order chi connectivity index (χ1) is 9.67. The van der Waals surface area contributed by atoms with E-state index in [9.17, 15) is 4.79 Å². The molecule has 112 valence electrons. The van der Waals surface area contributed by atoms with E-state index in [4.69, 9.17) is 0 Å². The molecule has 3 nitrogen and oxygen atoms in total. The predicted octanol–water partition coefficient (Wildman–Crippen LogP) is 3.28. The molecule has 0 heterocycles. The van der Waals surface area contributed by atoms with E-state index >= 15 is 0 Å². The maximum Gasteiger partial charge on any atom is 0.251 e. The molecule has 0 bridgehead atoms. The van der Waals surface area contributed by atoms with Crippen LogP contribution in [0.15, 0.2) is 24.3 Å². The Kier molecular flexibility index (Phi) is 7.97. The van der Waals surface area contributed by atoms with Gasteiger partial charge in [0, 0.05) is 24.7 Å². The number of carbonyl (C=O) groups excluding carboxylic acids is 1. The van der Waals surface area contributed by atoms with Crippen molar-refractivity contribution in [1.29, 1.82) is 0 Å². The van der Waals surface area contributed by atoms with E-state index in [1.807, 2.05) is 31.2 Å². The topological polar surface area (TPSA) is 41.1 Å². The highest BCUT2D eigenvalue weighted by molar-refractivity contribution is 5.94. The van der Waals surface area contributed by atoms with E-state index in [2.05, 4.69) is 24.5 Å². The average molecular weight is 276 g/mol. The average Bonchev–Trinajstić information content (AvgIpc) is 2.47. The van der Waals surface area contributed by atoms with Crippen molar-refractivity contribution in [1.82, 2.24) is 10.6 Å². The Hall–Kier alpha value is -1.35. The molecule has 0 spiro atoms. The molecule has 0 saturated heterocycles. The monoisotopic (exact) mass is 276 g/mol. The Morgan fingerprint density at radius 1 is 1.15 bits per heavy atom. The number of hydrogen-bond donors (Lipinski definition) is 2. The first-order valence-corrected chi connectivity index (χ1v) is 7.75. The summed E-state index contributed by atoms with van der Waals surface area (Å²) in [6.45, 7) is 7.95. The Bertz CT molecular complexity index is 386. The Labute approximate surface area is 123 Å². The molecule has 1 amide bonds. The number of hydrogen-bond acceptors (Lipinski definition) is 2. The molecule has 0 saturated carbocycles. The third-order valence-corrected chi connectivity index (χ3v) is 3.56. The number of nitrogens with one attached hydrogen (secondary N) is 2. The molecule has 1 aromatic rings. The fraction of sp³-hybridized carbons (Fsp3) is 0.588. The number of aryl methyl sites for hydroxylation is 1. The van der Waals surface area contributed by atoms with E-state index in [1.54, 1.807) is 0 Å². The van der Waals surface area contributed by atoms with Gasteiger partial charge >= 0.3 is 0 Å². The summed E-state index contributed by atoms with van der Waals surface area (Å²) in [5, 5.41) is 6.46. The number of amides is 1. The quantitative estimate of drug-likeness (QED) is 0.680. The van der Waals surface area contributed by atoms with Crippen LogP contribution in [0, 0.1) is 6.92 Å². The highest BCUT2D eigenvalue weighted by Gasteiger charge is 2.06. The van der Waals surface area contributed by atoms with Crippen molar-refractivity contribution >= 4 is 5.91 Å².